The summed E-state index contributed by atoms with van der Waals surface area (Å²) in [5.74, 6) is -0.00282. The van der Waals surface area contributed by atoms with Crippen LogP contribution in [-0.4, -0.2) is 42.7 Å². The van der Waals surface area contributed by atoms with Crippen LogP contribution in [0.25, 0.3) is 0 Å². The Hall–Kier alpha value is -1.27. The molecular formula is C12H16FN3OS. The second-order valence-corrected chi connectivity index (χ2v) is 5.15. The van der Waals surface area contributed by atoms with E-state index in [0.717, 1.165) is 31.1 Å². The third-order valence-electron chi connectivity index (χ3n) is 2.80. The molecule has 1 amide bonds. The lowest BCUT2D eigenvalue weighted by Crippen LogP contribution is -2.47. The molecule has 0 radical (unpaired) electrons. The number of carbonyl (C=O) groups excluding carboxylic acids is 1. The Morgan fingerprint density at radius 1 is 1.44 bits per heavy atom. The van der Waals surface area contributed by atoms with Crippen molar-refractivity contribution in [3.05, 3.63) is 24.0 Å². The highest BCUT2D eigenvalue weighted by Gasteiger charge is 2.16. The van der Waals surface area contributed by atoms with E-state index in [1.807, 2.05) is 4.90 Å². The normalized spacial score (nSPS) is 15.7. The van der Waals surface area contributed by atoms with Gasteiger partial charge in [-0.05, 0) is 18.2 Å². The standard InChI is InChI=1S/C12H16FN3OS/c13-10-7-9(1-2-11(10)14)18-8-12(17)16-5-3-15-4-6-16/h1-2,7,15H,3-6,8,14H2. The maximum atomic E-state index is 13.2. The van der Waals surface area contributed by atoms with Crippen LogP contribution in [0.3, 0.4) is 0 Å². The van der Waals surface area contributed by atoms with Gasteiger partial charge >= 0.3 is 0 Å². The molecule has 98 valence electrons. The first-order valence-corrected chi connectivity index (χ1v) is 6.81. The van der Waals surface area contributed by atoms with Gasteiger partial charge in [-0.15, -0.1) is 11.8 Å². The van der Waals surface area contributed by atoms with E-state index in [9.17, 15) is 9.18 Å². The first-order valence-electron chi connectivity index (χ1n) is 5.83. The molecule has 1 aliphatic rings. The number of benzene rings is 1. The van der Waals surface area contributed by atoms with E-state index in [4.69, 9.17) is 5.73 Å². The second kappa shape index (κ2) is 6.06. The number of nitrogens with zero attached hydrogens (tertiary/aromatic N) is 1. The van der Waals surface area contributed by atoms with Crippen molar-refractivity contribution >= 4 is 23.4 Å². The average molecular weight is 269 g/mol. The van der Waals surface area contributed by atoms with Crippen LogP contribution in [0.1, 0.15) is 0 Å². The molecule has 0 aromatic heterocycles. The minimum atomic E-state index is -0.436. The van der Waals surface area contributed by atoms with E-state index in [-0.39, 0.29) is 11.6 Å². The lowest BCUT2D eigenvalue weighted by Gasteiger charge is -2.27. The number of amides is 1. The minimum absolute atomic E-state index is 0.0960. The molecule has 0 spiro atoms. The first kappa shape index (κ1) is 13.2. The number of thioether (sulfide) groups is 1. The van der Waals surface area contributed by atoms with Crippen LogP contribution in [0, 0.1) is 5.82 Å². The maximum absolute atomic E-state index is 13.2. The quantitative estimate of drug-likeness (QED) is 0.633. The molecule has 6 heteroatoms. The third kappa shape index (κ3) is 3.36. The summed E-state index contributed by atoms with van der Waals surface area (Å²) in [6.07, 6.45) is 0. The molecule has 18 heavy (non-hydrogen) atoms. The molecule has 1 heterocycles. The van der Waals surface area contributed by atoms with E-state index in [1.54, 1.807) is 6.07 Å². The SMILES string of the molecule is Nc1ccc(SCC(=O)N2CCNCC2)cc1F. The Morgan fingerprint density at radius 2 is 2.17 bits per heavy atom. The molecule has 0 unspecified atom stereocenters. The molecular weight excluding hydrogens is 253 g/mol. The Morgan fingerprint density at radius 3 is 2.83 bits per heavy atom. The maximum Gasteiger partial charge on any atom is 0.233 e. The highest BCUT2D eigenvalue weighted by molar-refractivity contribution is 8.00. The summed E-state index contributed by atoms with van der Waals surface area (Å²) >= 11 is 1.34. The largest absolute Gasteiger partial charge is 0.396 e. The number of rotatable bonds is 3. The van der Waals surface area contributed by atoms with Crippen molar-refractivity contribution in [1.29, 1.82) is 0 Å². The van der Waals surface area contributed by atoms with E-state index in [2.05, 4.69) is 5.32 Å². The van der Waals surface area contributed by atoms with Crippen LogP contribution in [0.5, 0.6) is 0 Å². The Kier molecular flexibility index (Phi) is 4.43. The highest BCUT2D eigenvalue weighted by Crippen LogP contribution is 2.22. The number of halogens is 1. The molecule has 2 rings (SSSR count). The number of nitrogens with two attached hydrogens (primary N) is 1. The molecule has 4 nitrogen and oxygen atoms in total. The first-order chi connectivity index (χ1) is 8.66. The number of carbonyl (C=O) groups is 1. The summed E-state index contributed by atoms with van der Waals surface area (Å²) in [4.78, 5) is 14.4. The molecule has 0 aliphatic carbocycles. The van der Waals surface area contributed by atoms with Crippen molar-refractivity contribution < 1.29 is 9.18 Å². The van der Waals surface area contributed by atoms with Crippen LogP contribution in [0.2, 0.25) is 0 Å². The van der Waals surface area contributed by atoms with Crippen molar-refractivity contribution in [2.24, 2.45) is 0 Å². The summed E-state index contributed by atoms with van der Waals surface area (Å²) < 4.78 is 13.2. The van der Waals surface area contributed by atoms with Gasteiger partial charge in [0.2, 0.25) is 5.91 Å². The van der Waals surface area contributed by atoms with E-state index in [0.29, 0.717) is 5.75 Å². The zero-order chi connectivity index (χ0) is 13.0. The smallest absolute Gasteiger partial charge is 0.233 e. The van der Waals surface area contributed by atoms with Gasteiger partial charge in [-0.1, -0.05) is 0 Å². The molecule has 0 atom stereocenters. The summed E-state index contributed by atoms with van der Waals surface area (Å²) in [5.41, 5.74) is 5.53. The number of nitrogens with one attached hydrogen (secondary N) is 1. The molecule has 1 aromatic carbocycles. The van der Waals surface area contributed by atoms with Crippen LogP contribution in [0.4, 0.5) is 10.1 Å². The number of piperazine rings is 1. The molecule has 0 bridgehead atoms. The van der Waals surface area contributed by atoms with Gasteiger partial charge in [-0.3, -0.25) is 4.79 Å². The number of hydrogen-bond acceptors (Lipinski definition) is 4. The summed E-state index contributed by atoms with van der Waals surface area (Å²) in [7, 11) is 0. The van der Waals surface area contributed by atoms with Crippen LogP contribution < -0.4 is 11.1 Å². The zero-order valence-corrected chi connectivity index (χ0v) is 10.8. The molecule has 1 fully saturated rings. The van der Waals surface area contributed by atoms with Gasteiger partial charge in [0.15, 0.2) is 0 Å². The fourth-order valence-corrected chi connectivity index (χ4v) is 2.57. The van der Waals surface area contributed by atoms with Gasteiger partial charge in [0.1, 0.15) is 5.82 Å². The fourth-order valence-electron chi connectivity index (χ4n) is 1.75. The minimum Gasteiger partial charge on any atom is -0.396 e. The number of nitrogen functional groups attached to an aromatic ring is 1. The summed E-state index contributed by atoms with van der Waals surface area (Å²) in [5, 5.41) is 3.19. The van der Waals surface area contributed by atoms with E-state index < -0.39 is 5.82 Å². The van der Waals surface area contributed by atoms with Gasteiger partial charge < -0.3 is 16.0 Å². The summed E-state index contributed by atoms with van der Waals surface area (Å²) in [6, 6.07) is 4.62. The molecule has 3 N–H and O–H groups in total. The van der Waals surface area contributed by atoms with Crippen molar-refractivity contribution in [2.45, 2.75) is 4.90 Å². The monoisotopic (exact) mass is 269 g/mol. The predicted molar refractivity (Wildman–Crippen MR) is 71.0 cm³/mol. The van der Waals surface area contributed by atoms with Gasteiger partial charge in [-0.25, -0.2) is 4.39 Å². The van der Waals surface area contributed by atoms with Crippen molar-refractivity contribution in [3.8, 4) is 0 Å². The molecule has 1 saturated heterocycles. The second-order valence-electron chi connectivity index (χ2n) is 4.10. The topological polar surface area (TPSA) is 58.4 Å². The lowest BCUT2D eigenvalue weighted by atomic mass is 10.3. The van der Waals surface area contributed by atoms with Gasteiger partial charge in [0.05, 0.1) is 11.4 Å². The van der Waals surface area contributed by atoms with Crippen LogP contribution >= 0.6 is 11.8 Å². The van der Waals surface area contributed by atoms with Gasteiger partial charge in [0.25, 0.3) is 0 Å². The van der Waals surface area contributed by atoms with E-state index >= 15 is 0 Å². The molecule has 1 aliphatic heterocycles. The Labute approximate surface area is 110 Å². The average Bonchev–Trinajstić information content (AvgIpc) is 2.41. The van der Waals surface area contributed by atoms with Gasteiger partial charge in [-0.2, -0.15) is 0 Å². The fraction of sp³-hybridized carbons (Fsp3) is 0.417. The predicted octanol–water partition coefficient (Wildman–Crippen LogP) is 0.932. The van der Waals surface area contributed by atoms with Crippen LogP contribution in [0.15, 0.2) is 23.1 Å². The van der Waals surface area contributed by atoms with Crippen molar-refractivity contribution in [2.75, 3.05) is 37.7 Å². The zero-order valence-electron chi connectivity index (χ0n) is 9.99. The number of anilines is 1. The van der Waals surface area contributed by atoms with Crippen molar-refractivity contribution in [3.63, 3.8) is 0 Å². The lowest BCUT2D eigenvalue weighted by molar-refractivity contribution is -0.128. The van der Waals surface area contributed by atoms with Crippen molar-refractivity contribution in [1.82, 2.24) is 10.2 Å². The molecule has 0 saturated carbocycles. The Balaban J connectivity index is 1.86. The molecule has 1 aromatic rings. The van der Waals surface area contributed by atoms with Crippen LogP contribution in [-0.2, 0) is 4.79 Å². The summed E-state index contributed by atoms with van der Waals surface area (Å²) in [6.45, 7) is 3.17. The Bertz CT molecular complexity index is 435. The highest BCUT2D eigenvalue weighted by atomic mass is 32.2. The van der Waals surface area contributed by atoms with Gasteiger partial charge in [0, 0.05) is 31.1 Å². The third-order valence-corrected chi connectivity index (χ3v) is 3.78. The number of hydrogen-bond donors (Lipinski definition) is 2. The van der Waals surface area contributed by atoms with E-state index in [1.165, 1.54) is 23.9 Å².